The molecular formula is C33H39N3O3. The van der Waals surface area contributed by atoms with Gasteiger partial charge in [0.05, 0.1) is 21.3 Å². The van der Waals surface area contributed by atoms with Gasteiger partial charge in [-0.1, -0.05) is 54.6 Å². The number of benzene rings is 4. The van der Waals surface area contributed by atoms with E-state index in [1.807, 2.05) is 36.4 Å². The molecule has 0 heterocycles. The Balaban J connectivity index is 1.36. The standard InChI is InChI=1S/C33H39N3O3/c1-37-31-10-4-25(5-11-31)19-34-22-28-16-29(23-35-20-26-6-12-32(38-2)13-7-26)18-30(17-28)24-36-21-27-8-14-33(39-3)15-9-27/h4-18,34-36H,19-24H2,1-3H3. The van der Waals surface area contributed by atoms with Crippen molar-refractivity contribution in [2.24, 2.45) is 0 Å². The summed E-state index contributed by atoms with van der Waals surface area (Å²) in [6, 6.07) is 31.4. The van der Waals surface area contributed by atoms with Crippen LogP contribution in [0.15, 0.2) is 91.0 Å². The molecule has 39 heavy (non-hydrogen) atoms. The minimum Gasteiger partial charge on any atom is -0.497 e. The van der Waals surface area contributed by atoms with Crippen LogP contribution in [0.25, 0.3) is 0 Å². The number of ether oxygens (including phenoxy) is 3. The first-order valence-corrected chi connectivity index (χ1v) is 13.3. The molecule has 4 rings (SSSR count). The molecule has 6 heteroatoms. The van der Waals surface area contributed by atoms with Crippen LogP contribution >= 0.6 is 0 Å². The van der Waals surface area contributed by atoms with Crippen LogP contribution in [0.1, 0.15) is 33.4 Å². The highest BCUT2D eigenvalue weighted by atomic mass is 16.5. The topological polar surface area (TPSA) is 63.8 Å². The van der Waals surface area contributed by atoms with Crippen molar-refractivity contribution in [3.05, 3.63) is 124 Å². The molecule has 0 aliphatic carbocycles. The first-order valence-electron chi connectivity index (χ1n) is 13.3. The second-order valence-corrected chi connectivity index (χ2v) is 9.51. The van der Waals surface area contributed by atoms with Crippen LogP contribution in [0.4, 0.5) is 0 Å². The lowest BCUT2D eigenvalue weighted by atomic mass is 10.0. The summed E-state index contributed by atoms with van der Waals surface area (Å²) in [5.74, 6) is 2.63. The Hall–Kier alpha value is -3.84. The maximum atomic E-state index is 5.27. The predicted octanol–water partition coefficient (Wildman–Crippen LogP) is 5.58. The number of nitrogens with one attached hydrogen (secondary N) is 3. The Morgan fingerprint density at radius 3 is 0.821 bits per heavy atom. The Bertz CT molecular complexity index is 1100. The third kappa shape index (κ3) is 9.14. The van der Waals surface area contributed by atoms with E-state index in [9.17, 15) is 0 Å². The van der Waals surface area contributed by atoms with E-state index in [1.54, 1.807) is 21.3 Å². The van der Waals surface area contributed by atoms with Gasteiger partial charge < -0.3 is 30.2 Å². The van der Waals surface area contributed by atoms with Crippen LogP contribution < -0.4 is 30.2 Å². The SMILES string of the molecule is COc1ccc(CNCc2cc(CNCc3ccc(OC)cc3)cc(CNCc3ccc(OC)cc3)c2)cc1. The number of hydrogen-bond acceptors (Lipinski definition) is 6. The lowest BCUT2D eigenvalue weighted by Crippen LogP contribution is -2.17. The fourth-order valence-electron chi connectivity index (χ4n) is 4.43. The van der Waals surface area contributed by atoms with Gasteiger partial charge in [0, 0.05) is 39.3 Å². The molecule has 0 aromatic heterocycles. The van der Waals surface area contributed by atoms with E-state index >= 15 is 0 Å². The zero-order valence-electron chi connectivity index (χ0n) is 23.1. The van der Waals surface area contributed by atoms with Crippen LogP contribution in [-0.4, -0.2) is 21.3 Å². The van der Waals surface area contributed by atoms with Gasteiger partial charge in [0.15, 0.2) is 0 Å². The molecule has 0 saturated carbocycles. The van der Waals surface area contributed by atoms with Crippen LogP contribution in [-0.2, 0) is 39.3 Å². The fraction of sp³-hybridized carbons (Fsp3) is 0.273. The van der Waals surface area contributed by atoms with Crippen LogP contribution in [0, 0.1) is 0 Å². The highest BCUT2D eigenvalue weighted by molar-refractivity contribution is 5.32. The molecule has 204 valence electrons. The molecule has 0 radical (unpaired) electrons. The maximum absolute atomic E-state index is 5.27. The average molecular weight is 526 g/mol. The van der Waals surface area contributed by atoms with Gasteiger partial charge in [0.25, 0.3) is 0 Å². The molecule has 0 bridgehead atoms. The monoisotopic (exact) mass is 525 g/mol. The molecule has 4 aromatic carbocycles. The quantitative estimate of drug-likeness (QED) is 0.188. The third-order valence-corrected chi connectivity index (χ3v) is 6.56. The molecule has 0 atom stereocenters. The average Bonchev–Trinajstić information content (AvgIpc) is 2.98. The minimum atomic E-state index is 0.795. The summed E-state index contributed by atoms with van der Waals surface area (Å²) in [6.07, 6.45) is 0. The van der Waals surface area contributed by atoms with Gasteiger partial charge in [0.1, 0.15) is 17.2 Å². The number of rotatable bonds is 15. The van der Waals surface area contributed by atoms with Gasteiger partial charge in [0.2, 0.25) is 0 Å². The van der Waals surface area contributed by atoms with Gasteiger partial charge in [-0.25, -0.2) is 0 Å². The summed E-state index contributed by atoms with van der Waals surface area (Å²) in [5, 5.41) is 10.8. The van der Waals surface area contributed by atoms with Crippen LogP contribution in [0.3, 0.4) is 0 Å². The van der Waals surface area contributed by atoms with E-state index in [0.29, 0.717) is 0 Å². The molecule has 0 amide bonds. The zero-order chi connectivity index (χ0) is 27.3. The van der Waals surface area contributed by atoms with E-state index in [1.165, 1.54) is 33.4 Å². The highest BCUT2D eigenvalue weighted by Gasteiger charge is 2.04. The molecule has 0 unspecified atom stereocenters. The number of hydrogen-bond donors (Lipinski definition) is 3. The third-order valence-electron chi connectivity index (χ3n) is 6.56. The van der Waals surface area contributed by atoms with Crippen molar-refractivity contribution in [2.45, 2.75) is 39.3 Å². The van der Waals surface area contributed by atoms with Gasteiger partial charge >= 0.3 is 0 Å². The van der Waals surface area contributed by atoms with E-state index in [-0.39, 0.29) is 0 Å². The first kappa shape index (κ1) is 28.2. The van der Waals surface area contributed by atoms with Crippen molar-refractivity contribution >= 4 is 0 Å². The molecular weight excluding hydrogens is 486 g/mol. The number of methoxy groups -OCH3 is 3. The van der Waals surface area contributed by atoms with Gasteiger partial charge in [-0.05, 0) is 69.8 Å². The van der Waals surface area contributed by atoms with Gasteiger partial charge in [-0.15, -0.1) is 0 Å². The summed E-state index contributed by atoms with van der Waals surface area (Å²) < 4.78 is 15.8. The van der Waals surface area contributed by atoms with Crippen molar-refractivity contribution in [1.82, 2.24) is 16.0 Å². The van der Waals surface area contributed by atoms with E-state index in [4.69, 9.17) is 14.2 Å². The Morgan fingerprint density at radius 2 is 0.590 bits per heavy atom. The molecule has 0 aliphatic rings. The molecule has 0 aliphatic heterocycles. The van der Waals surface area contributed by atoms with Crippen LogP contribution in [0.2, 0.25) is 0 Å². The molecule has 6 nitrogen and oxygen atoms in total. The summed E-state index contributed by atoms with van der Waals surface area (Å²) in [5.41, 5.74) is 7.51. The van der Waals surface area contributed by atoms with E-state index in [2.05, 4.69) is 70.5 Å². The summed E-state index contributed by atoms with van der Waals surface area (Å²) >= 11 is 0. The summed E-state index contributed by atoms with van der Waals surface area (Å²) in [7, 11) is 5.07. The fourth-order valence-corrected chi connectivity index (χ4v) is 4.43. The second kappa shape index (κ2) is 14.9. The van der Waals surface area contributed by atoms with E-state index < -0.39 is 0 Å². The van der Waals surface area contributed by atoms with Crippen molar-refractivity contribution in [3.8, 4) is 17.2 Å². The zero-order valence-corrected chi connectivity index (χ0v) is 23.1. The second-order valence-electron chi connectivity index (χ2n) is 9.51. The molecule has 4 aromatic rings. The Morgan fingerprint density at radius 1 is 0.359 bits per heavy atom. The first-order chi connectivity index (χ1) is 19.1. The molecule has 3 N–H and O–H groups in total. The normalized spacial score (nSPS) is 10.8. The predicted molar refractivity (Wildman–Crippen MR) is 157 cm³/mol. The lowest BCUT2D eigenvalue weighted by Gasteiger charge is -2.13. The van der Waals surface area contributed by atoms with Crippen molar-refractivity contribution < 1.29 is 14.2 Å². The largest absolute Gasteiger partial charge is 0.497 e. The molecule has 0 saturated heterocycles. The summed E-state index contributed by atoms with van der Waals surface area (Å²) in [6.45, 7) is 4.79. The van der Waals surface area contributed by atoms with Gasteiger partial charge in [-0.2, -0.15) is 0 Å². The Kier molecular flexibility index (Phi) is 10.8. The van der Waals surface area contributed by atoms with Crippen molar-refractivity contribution in [1.29, 1.82) is 0 Å². The summed E-state index contributed by atoms with van der Waals surface area (Å²) in [4.78, 5) is 0. The van der Waals surface area contributed by atoms with Crippen molar-refractivity contribution in [2.75, 3.05) is 21.3 Å². The lowest BCUT2D eigenvalue weighted by molar-refractivity contribution is 0.414. The van der Waals surface area contributed by atoms with Gasteiger partial charge in [-0.3, -0.25) is 0 Å². The highest BCUT2D eigenvalue weighted by Crippen LogP contribution is 2.15. The van der Waals surface area contributed by atoms with Crippen molar-refractivity contribution in [3.63, 3.8) is 0 Å². The minimum absolute atomic E-state index is 0.795. The molecule has 0 spiro atoms. The smallest absolute Gasteiger partial charge is 0.118 e. The Labute approximate surface area is 232 Å². The van der Waals surface area contributed by atoms with E-state index in [0.717, 1.165) is 56.5 Å². The molecule has 0 fully saturated rings. The maximum Gasteiger partial charge on any atom is 0.118 e. The van der Waals surface area contributed by atoms with Crippen LogP contribution in [0.5, 0.6) is 17.2 Å².